The van der Waals surface area contributed by atoms with Gasteiger partial charge < -0.3 is 9.64 Å². The molecule has 2 heterocycles. The van der Waals surface area contributed by atoms with E-state index in [9.17, 15) is 9.00 Å². The third-order valence-corrected chi connectivity index (χ3v) is 5.06. The minimum atomic E-state index is -1.25. The number of likely N-dealkylation sites (tertiary alicyclic amines) is 1. The van der Waals surface area contributed by atoms with E-state index in [0.29, 0.717) is 23.9 Å². The van der Waals surface area contributed by atoms with E-state index in [2.05, 4.69) is 10.2 Å². The lowest BCUT2D eigenvalue weighted by atomic mass is 10.0. The fourth-order valence-corrected chi connectivity index (χ4v) is 3.74. The zero-order valence-corrected chi connectivity index (χ0v) is 15.2. The van der Waals surface area contributed by atoms with Gasteiger partial charge in [-0.3, -0.25) is 4.21 Å². The van der Waals surface area contributed by atoms with E-state index in [-0.39, 0.29) is 17.2 Å². The highest BCUT2D eigenvalue weighted by atomic mass is 35.5. The van der Waals surface area contributed by atoms with Crippen molar-refractivity contribution in [3.8, 4) is 0 Å². The molecule has 8 heteroatoms. The van der Waals surface area contributed by atoms with Crippen molar-refractivity contribution in [2.45, 2.75) is 44.2 Å². The molecule has 1 aromatic heterocycles. The van der Waals surface area contributed by atoms with Crippen LogP contribution in [-0.4, -0.2) is 49.8 Å². The van der Waals surface area contributed by atoms with Gasteiger partial charge >= 0.3 is 6.09 Å². The Morgan fingerprint density at radius 3 is 2.78 bits per heavy atom. The average Bonchev–Trinajstić information content (AvgIpc) is 2.46. The predicted octanol–water partition coefficient (Wildman–Crippen LogP) is 2.88. The number of nitrogens with zero attached hydrogens (tertiary/aromatic N) is 3. The van der Waals surface area contributed by atoms with Crippen LogP contribution in [0.2, 0.25) is 5.15 Å². The first-order valence-electron chi connectivity index (χ1n) is 7.60. The van der Waals surface area contributed by atoms with Crippen molar-refractivity contribution >= 4 is 28.5 Å². The number of piperidine rings is 1. The second-order valence-corrected chi connectivity index (χ2v) is 8.47. The van der Waals surface area contributed by atoms with E-state index in [0.717, 1.165) is 12.8 Å². The van der Waals surface area contributed by atoms with Crippen molar-refractivity contribution in [2.24, 2.45) is 5.92 Å². The first-order valence-corrected chi connectivity index (χ1v) is 9.30. The van der Waals surface area contributed by atoms with E-state index in [1.807, 2.05) is 20.8 Å². The Hall–Kier alpha value is -1.21. The third kappa shape index (κ3) is 5.73. The molecule has 1 saturated heterocycles. The first kappa shape index (κ1) is 18.1. The molecule has 0 bridgehead atoms. The number of hydrogen-bond acceptors (Lipinski definition) is 5. The topological polar surface area (TPSA) is 72.4 Å². The van der Waals surface area contributed by atoms with Crippen molar-refractivity contribution in [3.63, 3.8) is 0 Å². The zero-order chi connectivity index (χ0) is 17.0. The van der Waals surface area contributed by atoms with Crippen molar-refractivity contribution in [3.05, 3.63) is 17.3 Å². The fourth-order valence-electron chi connectivity index (χ4n) is 2.42. The van der Waals surface area contributed by atoms with Crippen LogP contribution in [0.3, 0.4) is 0 Å². The molecule has 0 spiro atoms. The molecule has 1 aromatic rings. The van der Waals surface area contributed by atoms with Crippen molar-refractivity contribution in [2.75, 3.05) is 18.8 Å². The highest BCUT2D eigenvalue weighted by Crippen LogP contribution is 2.21. The second kappa shape index (κ2) is 7.57. The molecule has 0 N–H and O–H groups in total. The summed E-state index contributed by atoms with van der Waals surface area (Å²) in [5.41, 5.74) is -0.508. The summed E-state index contributed by atoms with van der Waals surface area (Å²) >= 11 is 5.68. The van der Waals surface area contributed by atoms with Crippen molar-refractivity contribution in [1.29, 1.82) is 0 Å². The van der Waals surface area contributed by atoms with Gasteiger partial charge in [0.2, 0.25) is 0 Å². The van der Waals surface area contributed by atoms with Crippen LogP contribution in [-0.2, 0) is 15.5 Å². The molecule has 2 unspecified atom stereocenters. The Kier molecular flexibility index (Phi) is 5.97. The smallest absolute Gasteiger partial charge is 0.410 e. The maximum atomic E-state index is 12.4. The van der Waals surface area contributed by atoms with Gasteiger partial charge in [-0.15, -0.1) is 10.2 Å². The summed E-state index contributed by atoms with van der Waals surface area (Å²) < 4.78 is 17.8. The molecule has 1 fully saturated rings. The van der Waals surface area contributed by atoms with Crippen LogP contribution in [0.15, 0.2) is 17.2 Å². The third-order valence-electron chi connectivity index (χ3n) is 3.40. The molecule has 0 saturated carbocycles. The van der Waals surface area contributed by atoms with Crippen LogP contribution in [0.25, 0.3) is 0 Å². The maximum absolute atomic E-state index is 12.4. The highest BCUT2D eigenvalue weighted by Gasteiger charge is 2.28. The number of carbonyl (C=O) groups is 1. The fraction of sp³-hybridized carbons (Fsp3) is 0.667. The van der Waals surface area contributed by atoms with E-state index in [4.69, 9.17) is 16.3 Å². The lowest BCUT2D eigenvalue weighted by molar-refractivity contribution is 0.0176. The summed E-state index contributed by atoms with van der Waals surface area (Å²) in [6.45, 7) is 6.78. The Morgan fingerprint density at radius 1 is 1.43 bits per heavy atom. The zero-order valence-electron chi connectivity index (χ0n) is 13.6. The molecule has 0 aliphatic carbocycles. The standard InChI is InChI=1S/C15H22ClN3O3S/c1-15(2,3)22-14(20)19-8-4-5-11(9-19)10-23(21)13-7-6-12(16)17-18-13/h6-7,11H,4-5,8-10H2,1-3H3. The summed E-state index contributed by atoms with van der Waals surface area (Å²) in [5.74, 6) is 0.616. The number of halogens is 1. The first-order chi connectivity index (χ1) is 10.7. The van der Waals surface area contributed by atoms with Crippen LogP contribution in [0.1, 0.15) is 33.6 Å². The molecule has 1 aliphatic rings. The van der Waals surface area contributed by atoms with Crippen LogP contribution in [0, 0.1) is 5.92 Å². The normalized spacial score (nSPS) is 20.2. The van der Waals surface area contributed by atoms with Gasteiger partial charge in [-0.2, -0.15) is 0 Å². The summed E-state index contributed by atoms with van der Waals surface area (Å²) in [6, 6.07) is 3.20. The van der Waals surface area contributed by atoms with Crippen molar-refractivity contribution < 1.29 is 13.7 Å². The molecule has 1 aliphatic heterocycles. The van der Waals surface area contributed by atoms with Gasteiger partial charge in [-0.05, 0) is 51.7 Å². The molecule has 0 radical (unpaired) electrons. The van der Waals surface area contributed by atoms with Crippen LogP contribution >= 0.6 is 11.6 Å². The lowest BCUT2D eigenvalue weighted by Gasteiger charge is -2.33. The number of rotatable bonds is 3. The van der Waals surface area contributed by atoms with Crippen LogP contribution in [0.4, 0.5) is 4.79 Å². The van der Waals surface area contributed by atoms with Gasteiger partial charge in [0, 0.05) is 18.8 Å². The number of hydrogen-bond donors (Lipinski definition) is 0. The van der Waals surface area contributed by atoms with E-state index in [1.54, 1.807) is 17.0 Å². The Morgan fingerprint density at radius 2 is 2.17 bits per heavy atom. The van der Waals surface area contributed by atoms with Crippen LogP contribution < -0.4 is 0 Å². The van der Waals surface area contributed by atoms with E-state index >= 15 is 0 Å². The predicted molar refractivity (Wildman–Crippen MR) is 88.8 cm³/mol. The molecule has 23 heavy (non-hydrogen) atoms. The minimum absolute atomic E-state index is 0.162. The maximum Gasteiger partial charge on any atom is 0.410 e. The molecule has 2 rings (SSSR count). The monoisotopic (exact) mass is 359 g/mol. The molecular weight excluding hydrogens is 338 g/mol. The SMILES string of the molecule is CC(C)(C)OC(=O)N1CCCC(CS(=O)c2ccc(Cl)nn2)C1. The summed E-state index contributed by atoms with van der Waals surface area (Å²) in [6.07, 6.45) is 1.51. The molecule has 6 nitrogen and oxygen atoms in total. The largest absolute Gasteiger partial charge is 0.444 e. The molecule has 128 valence electrons. The van der Waals surface area contributed by atoms with Crippen molar-refractivity contribution in [1.82, 2.24) is 15.1 Å². The van der Waals surface area contributed by atoms with E-state index < -0.39 is 16.4 Å². The molecular formula is C15H22ClN3O3S. The number of ether oxygens (including phenoxy) is 1. The Labute approximate surface area is 144 Å². The Bertz CT molecular complexity index is 574. The quantitative estimate of drug-likeness (QED) is 0.829. The number of amides is 1. The number of aromatic nitrogens is 2. The van der Waals surface area contributed by atoms with Gasteiger partial charge in [-0.25, -0.2) is 4.79 Å². The molecule has 2 atom stereocenters. The average molecular weight is 360 g/mol. The van der Waals surface area contributed by atoms with Gasteiger partial charge in [0.1, 0.15) is 10.6 Å². The van der Waals surface area contributed by atoms with Gasteiger partial charge in [-0.1, -0.05) is 11.6 Å². The summed E-state index contributed by atoms with van der Waals surface area (Å²) in [7, 11) is -1.25. The highest BCUT2D eigenvalue weighted by molar-refractivity contribution is 7.84. The van der Waals surface area contributed by atoms with E-state index in [1.165, 1.54) is 0 Å². The van der Waals surface area contributed by atoms with Gasteiger partial charge in [0.25, 0.3) is 0 Å². The minimum Gasteiger partial charge on any atom is -0.444 e. The number of carbonyl (C=O) groups excluding carboxylic acids is 1. The Balaban J connectivity index is 1.92. The van der Waals surface area contributed by atoms with Crippen LogP contribution in [0.5, 0.6) is 0 Å². The lowest BCUT2D eigenvalue weighted by Crippen LogP contribution is -2.44. The molecule has 1 amide bonds. The summed E-state index contributed by atoms with van der Waals surface area (Å²) in [5, 5.41) is 8.27. The summed E-state index contributed by atoms with van der Waals surface area (Å²) in [4.78, 5) is 13.8. The second-order valence-electron chi connectivity index (χ2n) is 6.64. The van der Waals surface area contributed by atoms with Gasteiger partial charge in [0.15, 0.2) is 5.15 Å². The molecule has 0 aromatic carbocycles. The van der Waals surface area contributed by atoms with Gasteiger partial charge in [0.05, 0.1) is 10.8 Å².